The quantitative estimate of drug-likeness (QED) is 0.237. The van der Waals surface area contributed by atoms with Crippen LogP contribution in [0.1, 0.15) is 0 Å². The van der Waals surface area contributed by atoms with Gasteiger partial charge < -0.3 is 126 Å². The fraction of sp³-hybridized carbons (Fsp3) is 0. The third-order valence-electron chi connectivity index (χ3n) is 0. The Hall–Kier alpha value is 1.06. The van der Waals surface area contributed by atoms with Gasteiger partial charge in [-0.05, 0) is 0 Å². The van der Waals surface area contributed by atoms with Crippen LogP contribution in [0.15, 0.2) is 0 Å². The third-order valence-corrected chi connectivity index (χ3v) is 0. The van der Waals surface area contributed by atoms with E-state index in [1.807, 2.05) is 0 Å². The van der Waals surface area contributed by atoms with E-state index in [9.17, 15) is 0 Å². The molecule has 21 heteroatoms. The number of nitrogens with zero attached hydrogens (tertiary/aromatic N) is 6. The summed E-state index contributed by atoms with van der Waals surface area (Å²) in [5.41, 5.74) is 0. The maximum absolute atomic E-state index is 6.25. The van der Waals surface area contributed by atoms with Crippen molar-refractivity contribution >= 4 is 0 Å². The summed E-state index contributed by atoms with van der Waals surface area (Å²) in [6.07, 6.45) is 0. The first-order valence-electron chi connectivity index (χ1n) is 1.34. The monoisotopic (exact) mass is 484 g/mol. The van der Waals surface area contributed by atoms with E-state index in [1.165, 1.54) is 0 Å². The van der Waals surface area contributed by atoms with Crippen LogP contribution in [0, 0.1) is 71.0 Å². The molecule has 0 spiro atoms. The number of hydrogen-bond donors (Lipinski definition) is 0. The van der Waals surface area contributed by atoms with Gasteiger partial charge in [-0.3, -0.25) is 0 Å². The molecular weight excluding hydrogens is 464 g/mol. The molecule has 0 radical (unpaired) electrons. The van der Waals surface area contributed by atoms with Crippen molar-refractivity contribution in [2.24, 2.45) is 0 Å². The van der Waals surface area contributed by atoms with E-state index in [1.54, 1.807) is 0 Å². The van der Waals surface area contributed by atoms with Crippen LogP contribution in [0.5, 0.6) is 0 Å². The van der Waals surface area contributed by atoms with E-state index in [2.05, 4.69) is 0 Å². The predicted molar refractivity (Wildman–Crippen MR) is 65.9 cm³/mol. The summed E-state index contributed by atoms with van der Waals surface area (Å²) >= 11 is 0. The molecule has 0 amide bonds. The summed E-state index contributed by atoms with van der Waals surface area (Å²) in [6.45, 7) is 28.5. The molecule has 0 aromatic carbocycles. The Morgan fingerprint density at radius 3 is 0.222 bits per heavy atom. The second-order valence-corrected chi connectivity index (χ2v) is 0. The van der Waals surface area contributed by atoms with Crippen molar-refractivity contribution in [3.63, 3.8) is 0 Å². The maximum atomic E-state index is 6.25. The van der Waals surface area contributed by atoms with Gasteiger partial charge in [0, 0.05) is 0 Å². The molecule has 0 aromatic heterocycles. The zero-order valence-corrected chi connectivity index (χ0v) is 24.1. The van der Waals surface area contributed by atoms with Crippen LogP contribution in [-0.4, -0.2) is 54.8 Å². The van der Waals surface area contributed by atoms with E-state index < -0.39 is 0 Å². The Bertz CT molecular complexity index is 131. The summed E-state index contributed by atoms with van der Waals surface area (Å²) in [6, 6.07) is 0. The summed E-state index contributed by atoms with van der Waals surface area (Å²) in [5.74, 6) is 0. The minimum absolute atomic E-state index is 0. The molecule has 0 atom stereocenters. The van der Waals surface area contributed by atoms with Gasteiger partial charge in [0.25, 0.3) is 0 Å². The van der Waals surface area contributed by atoms with Gasteiger partial charge in [0.2, 0.25) is 0 Å². The predicted octanol–water partition coefficient (Wildman–Crippen LogP) is -19.7. The Kier molecular flexibility index (Phi) is 250000. The second kappa shape index (κ2) is 16400. The van der Waals surface area contributed by atoms with Gasteiger partial charge in [-0.2, -0.15) is 0 Å². The zero-order chi connectivity index (χ0) is 12.0. The SMILES string of the molecule is O.O.O.O.O.O.O.O.O.O.[C-]#N.[C-]#N.[C-]#N.[C-]#N.[C-]#N.[C-]#N.[Fe+2].[Na+].[Na+].[Na+].[Na+]. The molecule has 0 bridgehead atoms. The fourth-order valence-electron chi connectivity index (χ4n) is 0. The van der Waals surface area contributed by atoms with Gasteiger partial charge in [0.05, 0.1) is 0 Å². The minimum Gasteiger partial charge on any atom is -0.512 e. The largest absolute Gasteiger partial charge is 2.00 e. The molecule has 0 unspecified atom stereocenters. The molecule has 0 aromatic rings. The van der Waals surface area contributed by atoms with Crippen molar-refractivity contribution in [1.82, 2.24) is 0 Å². The van der Waals surface area contributed by atoms with Crippen LogP contribution in [-0.2, 0) is 17.1 Å². The van der Waals surface area contributed by atoms with Crippen LogP contribution in [0.25, 0.3) is 0 Å². The topological polar surface area (TPSA) is 458 Å². The molecule has 0 heterocycles. The van der Waals surface area contributed by atoms with E-state index in [0.29, 0.717) is 0 Å². The molecule has 27 heavy (non-hydrogen) atoms. The Morgan fingerprint density at radius 1 is 0.222 bits per heavy atom. The molecule has 0 rings (SSSR count). The fourth-order valence-corrected chi connectivity index (χ4v) is 0. The molecule has 0 aliphatic heterocycles. The average Bonchev–Trinajstić information content (AvgIpc) is 2.33. The van der Waals surface area contributed by atoms with E-state index in [4.69, 9.17) is 71.0 Å². The normalized spacial score (nSPS) is 0.444. The Labute approximate surface area is 257 Å². The minimum atomic E-state index is 0. The third kappa shape index (κ3) is 15100. The van der Waals surface area contributed by atoms with Crippen molar-refractivity contribution in [1.29, 1.82) is 31.6 Å². The standard InChI is InChI=1S/6CN.Fe.4Na.10H2O/c6*1-2;;;;;;;;;;;;;;;/h;;;;;;;;;;;10*1H2/q6*-1;+2;4*+1;;;;;;;;;;. The second-order valence-electron chi connectivity index (χ2n) is 0. The first-order valence-corrected chi connectivity index (χ1v) is 1.34. The van der Waals surface area contributed by atoms with Crippen molar-refractivity contribution in [2.75, 3.05) is 0 Å². The van der Waals surface area contributed by atoms with Crippen molar-refractivity contribution < 1.29 is 190 Å². The van der Waals surface area contributed by atoms with E-state index in [0.717, 1.165) is 0 Å². The van der Waals surface area contributed by atoms with Gasteiger partial charge in [0.1, 0.15) is 0 Å². The Morgan fingerprint density at radius 2 is 0.222 bits per heavy atom. The number of rotatable bonds is 0. The smallest absolute Gasteiger partial charge is 0.512 e. The average molecular weight is 484 g/mol. The van der Waals surface area contributed by atoms with Crippen LogP contribution in [0.2, 0.25) is 0 Å². The molecular formula is C6H20FeN6Na4O10. The zero-order valence-electron chi connectivity index (χ0n) is 15.0. The van der Waals surface area contributed by atoms with Gasteiger partial charge in [0.15, 0.2) is 0 Å². The van der Waals surface area contributed by atoms with E-state index in [-0.39, 0.29) is 190 Å². The van der Waals surface area contributed by atoms with Crippen LogP contribution in [0.4, 0.5) is 0 Å². The molecule has 0 fully saturated rings. The molecule has 16 nitrogen and oxygen atoms in total. The van der Waals surface area contributed by atoms with Gasteiger partial charge in [-0.1, -0.05) is 0 Å². The first kappa shape index (κ1) is 412. The summed E-state index contributed by atoms with van der Waals surface area (Å²) in [4.78, 5) is 0. The maximum Gasteiger partial charge on any atom is 2.00 e. The van der Waals surface area contributed by atoms with Gasteiger partial charge in [-0.15, -0.1) is 0 Å². The van der Waals surface area contributed by atoms with E-state index >= 15 is 0 Å². The van der Waals surface area contributed by atoms with Crippen LogP contribution < -0.4 is 118 Å². The van der Waals surface area contributed by atoms with Crippen molar-refractivity contribution in [2.45, 2.75) is 0 Å². The van der Waals surface area contributed by atoms with Crippen molar-refractivity contribution in [3.05, 3.63) is 39.4 Å². The summed E-state index contributed by atoms with van der Waals surface area (Å²) < 4.78 is 0. The molecule has 20 N–H and O–H groups in total. The van der Waals surface area contributed by atoms with Gasteiger partial charge >= 0.3 is 135 Å². The summed E-state index contributed by atoms with van der Waals surface area (Å²) in [5, 5.41) is 37.5. The molecule has 146 valence electrons. The number of hydrogen-bond acceptors (Lipinski definition) is 6. The van der Waals surface area contributed by atoms with Crippen LogP contribution >= 0.6 is 0 Å². The Balaban J connectivity index is -0.000000000758. The van der Waals surface area contributed by atoms with Gasteiger partial charge in [-0.25, -0.2) is 0 Å². The molecule has 0 aliphatic carbocycles. The summed E-state index contributed by atoms with van der Waals surface area (Å²) in [7, 11) is 0. The molecule has 0 saturated carbocycles. The van der Waals surface area contributed by atoms with Crippen molar-refractivity contribution in [3.8, 4) is 0 Å². The first-order chi connectivity index (χ1) is 6.00. The van der Waals surface area contributed by atoms with Crippen LogP contribution in [0.3, 0.4) is 0 Å². The molecule has 0 saturated heterocycles. The molecule has 0 aliphatic rings.